The Kier molecular flexibility index (Phi) is 9.37. The average Bonchev–Trinajstić information content (AvgIpc) is 2.83. The Bertz CT molecular complexity index is 1040. The fraction of sp³-hybridized carbons (Fsp3) is 0.480. The van der Waals surface area contributed by atoms with Crippen LogP contribution in [0.25, 0.3) is 0 Å². The highest BCUT2D eigenvalue weighted by Crippen LogP contribution is 2.17. The fourth-order valence-electron chi connectivity index (χ4n) is 4.06. The van der Waals surface area contributed by atoms with Crippen LogP contribution in [0.5, 0.6) is 0 Å². The van der Waals surface area contributed by atoms with Gasteiger partial charge in [-0.05, 0) is 25.0 Å². The molecule has 1 fully saturated rings. The van der Waals surface area contributed by atoms with Crippen molar-refractivity contribution < 1.29 is 19.1 Å². The summed E-state index contributed by atoms with van der Waals surface area (Å²) < 4.78 is 6.18. The summed E-state index contributed by atoms with van der Waals surface area (Å²) in [6, 6.07) is 5.60. The summed E-state index contributed by atoms with van der Waals surface area (Å²) in [5.74, 6) is -1.85. The lowest BCUT2D eigenvalue weighted by Crippen LogP contribution is -2.40. The number of nitrogens with one attached hydrogen (secondary N) is 2. The molecule has 2 N–H and O–H groups in total. The Morgan fingerprint density at radius 3 is 2.35 bits per heavy atom. The Morgan fingerprint density at radius 1 is 1.03 bits per heavy atom. The predicted molar refractivity (Wildman–Crippen MR) is 127 cm³/mol. The molecule has 9 nitrogen and oxygen atoms in total. The molecule has 3 rings (SSSR count). The Hall–Kier alpha value is -3.49. The number of carbonyl (C=O) groups is 3. The van der Waals surface area contributed by atoms with Gasteiger partial charge in [0.25, 0.3) is 11.8 Å². The van der Waals surface area contributed by atoms with Gasteiger partial charge in [-0.15, -0.1) is 0 Å². The first-order valence-electron chi connectivity index (χ1n) is 11.8. The number of hydrogen-bond acceptors (Lipinski definition) is 6. The number of hydrogen-bond donors (Lipinski definition) is 2. The van der Waals surface area contributed by atoms with Crippen LogP contribution in [0.3, 0.4) is 0 Å². The van der Waals surface area contributed by atoms with E-state index in [1.54, 1.807) is 10.8 Å². The van der Waals surface area contributed by atoms with Gasteiger partial charge in [-0.3, -0.25) is 24.2 Å². The molecule has 0 aromatic carbocycles. The highest BCUT2D eigenvalue weighted by atomic mass is 16.5. The summed E-state index contributed by atoms with van der Waals surface area (Å²) in [5.41, 5.74) is -0.109. The van der Waals surface area contributed by atoms with E-state index in [0.717, 1.165) is 44.2 Å². The average molecular weight is 469 g/mol. The molecule has 2 aromatic rings. The van der Waals surface area contributed by atoms with Gasteiger partial charge in [0.1, 0.15) is 17.7 Å². The first-order valence-corrected chi connectivity index (χ1v) is 11.8. The van der Waals surface area contributed by atoms with E-state index in [0.29, 0.717) is 13.0 Å². The van der Waals surface area contributed by atoms with E-state index < -0.39 is 23.2 Å². The summed E-state index contributed by atoms with van der Waals surface area (Å²) >= 11 is 0. The maximum Gasteiger partial charge on any atom is 0.325 e. The smallest absolute Gasteiger partial charge is 0.325 e. The molecule has 0 saturated heterocycles. The number of methoxy groups -OCH3 is 1. The Morgan fingerprint density at radius 2 is 1.71 bits per heavy atom. The molecule has 0 atom stereocenters. The minimum Gasteiger partial charge on any atom is -0.468 e. The van der Waals surface area contributed by atoms with Crippen molar-refractivity contribution >= 4 is 17.8 Å². The van der Waals surface area contributed by atoms with E-state index in [1.165, 1.54) is 25.9 Å². The van der Waals surface area contributed by atoms with E-state index in [9.17, 15) is 19.2 Å². The maximum absolute atomic E-state index is 13.1. The molecule has 1 aliphatic rings. The van der Waals surface area contributed by atoms with E-state index in [2.05, 4.69) is 20.4 Å². The van der Waals surface area contributed by atoms with Crippen molar-refractivity contribution in [2.75, 3.05) is 13.7 Å². The highest BCUT2D eigenvalue weighted by molar-refractivity contribution is 6.00. The van der Waals surface area contributed by atoms with E-state index in [4.69, 9.17) is 0 Å². The summed E-state index contributed by atoms with van der Waals surface area (Å²) in [6.07, 6.45) is 12.5. The van der Waals surface area contributed by atoms with Crippen molar-refractivity contribution in [2.24, 2.45) is 0 Å². The number of rotatable bonds is 8. The third kappa shape index (κ3) is 7.26. The topological polar surface area (TPSA) is 119 Å². The molecule has 0 unspecified atom stereocenters. The second kappa shape index (κ2) is 12.7. The molecule has 0 radical (unpaired) electrons. The van der Waals surface area contributed by atoms with E-state index in [1.807, 2.05) is 18.2 Å². The quantitative estimate of drug-likeness (QED) is 0.574. The first kappa shape index (κ1) is 25.1. The van der Waals surface area contributed by atoms with Crippen LogP contribution in [-0.4, -0.2) is 47.0 Å². The van der Waals surface area contributed by atoms with Gasteiger partial charge in [-0.2, -0.15) is 0 Å². The van der Waals surface area contributed by atoms with Crippen molar-refractivity contribution in [3.05, 3.63) is 63.8 Å². The molecule has 1 aliphatic carbocycles. The van der Waals surface area contributed by atoms with Crippen LogP contribution in [-0.2, 0) is 22.5 Å². The van der Waals surface area contributed by atoms with Crippen LogP contribution >= 0.6 is 0 Å². The number of ether oxygens (including phenoxy) is 1. The summed E-state index contributed by atoms with van der Waals surface area (Å²) in [5, 5.41) is 5.38. The number of aryl methyl sites for hydroxylation is 2. The third-order valence-corrected chi connectivity index (χ3v) is 5.98. The van der Waals surface area contributed by atoms with Crippen molar-refractivity contribution in [1.82, 2.24) is 20.2 Å². The molecule has 9 heteroatoms. The fourth-order valence-corrected chi connectivity index (χ4v) is 4.06. The zero-order valence-corrected chi connectivity index (χ0v) is 19.5. The second-order valence-electron chi connectivity index (χ2n) is 8.50. The molecule has 2 aromatic heterocycles. The summed E-state index contributed by atoms with van der Waals surface area (Å²) in [4.78, 5) is 54.6. The van der Waals surface area contributed by atoms with Crippen molar-refractivity contribution in [3.63, 3.8) is 0 Å². The molecule has 182 valence electrons. The van der Waals surface area contributed by atoms with E-state index in [-0.39, 0.29) is 23.7 Å². The normalized spacial score (nSPS) is 14.5. The molecule has 2 amide bonds. The van der Waals surface area contributed by atoms with Gasteiger partial charge in [-0.1, -0.05) is 38.2 Å². The number of pyridine rings is 2. The van der Waals surface area contributed by atoms with Crippen LogP contribution in [0.1, 0.15) is 71.4 Å². The Labute approximate surface area is 198 Å². The highest BCUT2D eigenvalue weighted by Gasteiger charge is 2.22. The van der Waals surface area contributed by atoms with Gasteiger partial charge in [0.05, 0.1) is 7.11 Å². The number of aromatic nitrogens is 2. The molecule has 0 bridgehead atoms. The molecule has 1 saturated carbocycles. The molecular weight excluding hydrogens is 436 g/mol. The molecule has 2 heterocycles. The zero-order chi connectivity index (χ0) is 24.3. The van der Waals surface area contributed by atoms with Crippen LogP contribution in [0, 0.1) is 0 Å². The summed E-state index contributed by atoms with van der Waals surface area (Å²) in [6.45, 7) is 0.0412. The van der Waals surface area contributed by atoms with Gasteiger partial charge in [0, 0.05) is 43.3 Å². The number of nitrogens with zero attached hydrogens (tertiary/aromatic N) is 2. The summed E-state index contributed by atoms with van der Waals surface area (Å²) in [7, 11) is 1.21. The predicted octanol–water partition coefficient (Wildman–Crippen LogP) is 2.23. The van der Waals surface area contributed by atoms with Gasteiger partial charge in [0.2, 0.25) is 5.43 Å². The van der Waals surface area contributed by atoms with Crippen LogP contribution < -0.4 is 16.1 Å². The van der Waals surface area contributed by atoms with Crippen molar-refractivity contribution in [1.29, 1.82) is 0 Å². The van der Waals surface area contributed by atoms with Crippen LogP contribution in [0.4, 0.5) is 0 Å². The van der Waals surface area contributed by atoms with Gasteiger partial charge < -0.3 is 19.9 Å². The molecule has 0 spiro atoms. The van der Waals surface area contributed by atoms with E-state index >= 15 is 0 Å². The van der Waals surface area contributed by atoms with Crippen LogP contribution in [0.2, 0.25) is 0 Å². The largest absolute Gasteiger partial charge is 0.468 e. The minimum absolute atomic E-state index is 0.00553. The van der Waals surface area contributed by atoms with Gasteiger partial charge in [-0.25, -0.2) is 0 Å². The van der Waals surface area contributed by atoms with Gasteiger partial charge >= 0.3 is 5.97 Å². The molecular formula is C25H32N4O5. The first-order chi connectivity index (χ1) is 16.5. The maximum atomic E-state index is 13.1. The number of amides is 2. The lowest BCUT2D eigenvalue weighted by molar-refractivity contribution is -0.139. The standard InChI is InChI=1S/C25H32N4O5/c1-34-22(30)15-27-24(32)20-16-29(14-12-18-9-7-8-13-26-18)17-21(23(20)31)25(33)28-19-10-5-3-2-4-6-11-19/h7-9,13,16-17,19H,2-6,10-12,14-15H2,1H3,(H,27,32)(H,28,33). The van der Waals surface area contributed by atoms with Gasteiger partial charge in [0.15, 0.2) is 0 Å². The van der Waals surface area contributed by atoms with Crippen molar-refractivity contribution in [3.8, 4) is 0 Å². The Balaban J connectivity index is 1.84. The number of esters is 1. The number of carbonyl (C=O) groups excluding carboxylic acids is 3. The third-order valence-electron chi connectivity index (χ3n) is 5.98. The monoisotopic (exact) mass is 468 g/mol. The molecule has 34 heavy (non-hydrogen) atoms. The minimum atomic E-state index is -0.734. The molecule has 0 aliphatic heterocycles. The SMILES string of the molecule is COC(=O)CNC(=O)c1cn(CCc2ccccn2)cc(C(=O)NC2CCCCCCC2)c1=O. The zero-order valence-electron chi connectivity index (χ0n) is 19.5. The van der Waals surface area contributed by atoms with Crippen molar-refractivity contribution in [2.45, 2.75) is 64.0 Å². The second-order valence-corrected chi connectivity index (χ2v) is 8.50. The lowest BCUT2D eigenvalue weighted by Gasteiger charge is -2.21. The lowest BCUT2D eigenvalue weighted by atomic mass is 9.96. The van der Waals surface area contributed by atoms with Crippen LogP contribution in [0.15, 0.2) is 41.6 Å².